The molecule has 0 aliphatic carbocycles. The number of hydrogen-bond acceptors (Lipinski definition) is 5. The summed E-state index contributed by atoms with van der Waals surface area (Å²) in [6, 6.07) is 0.148. The van der Waals surface area contributed by atoms with Crippen molar-refractivity contribution in [1.29, 1.82) is 0 Å². The largest absolute Gasteiger partial charge is 0.423 e. The normalized spacial score (nSPS) is 26.4. The smallest absolute Gasteiger partial charge is 0.233 e. The number of nitrogens with zero attached hydrogens (tertiary/aromatic N) is 2. The number of methoxy groups -OCH3 is 1. The van der Waals surface area contributed by atoms with E-state index in [-0.39, 0.29) is 18.1 Å². The Morgan fingerprint density at radius 3 is 2.80 bits per heavy atom. The zero-order valence-corrected chi connectivity index (χ0v) is 9.36. The van der Waals surface area contributed by atoms with Crippen LogP contribution in [0.25, 0.3) is 0 Å². The molecule has 1 saturated heterocycles. The van der Waals surface area contributed by atoms with Gasteiger partial charge < -0.3 is 14.5 Å². The third-order valence-corrected chi connectivity index (χ3v) is 2.67. The van der Waals surface area contributed by atoms with Crippen LogP contribution in [0.1, 0.15) is 44.0 Å². The first kappa shape index (κ1) is 10.6. The summed E-state index contributed by atoms with van der Waals surface area (Å²) in [5, 5.41) is 11.4. The van der Waals surface area contributed by atoms with Crippen molar-refractivity contribution in [2.45, 2.75) is 38.3 Å². The molecule has 84 valence electrons. The second-order valence-electron chi connectivity index (χ2n) is 4.19. The summed E-state index contributed by atoms with van der Waals surface area (Å²) >= 11 is 0. The predicted octanol–water partition coefficient (Wildman–Crippen LogP) is 1.24. The molecule has 1 aromatic heterocycles. The Kier molecular flexibility index (Phi) is 3.02. The SMILES string of the molecule is CO[C@H]1CN[C@@H](c2nnc(C(C)C)o2)C1. The summed E-state index contributed by atoms with van der Waals surface area (Å²) in [7, 11) is 1.72. The van der Waals surface area contributed by atoms with Gasteiger partial charge in [-0.2, -0.15) is 0 Å². The summed E-state index contributed by atoms with van der Waals surface area (Å²) in [6.07, 6.45) is 1.15. The van der Waals surface area contributed by atoms with Crippen LogP contribution in [0.15, 0.2) is 4.42 Å². The van der Waals surface area contributed by atoms with E-state index in [0.717, 1.165) is 13.0 Å². The van der Waals surface area contributed by atoms with Crippen LogP contribution in [0.5, 0.6) is 0 Å². The third-order valence-electron chi connectivity index (χ3n) is 2.67. The number of hydrogen-bond donors (Lipinski definition) is 1. The van der Waals surface area contributed by atoms with Crippen molar-refractivity contribution in [3.63, 3.8) is 0 Å². The average Bonchev–Trinajstić information content (AvgIpc) is 2.86. The minimum atomic E-state index is 0.148. The van der Waals surface area contributed by atoms with Gasteiger partial charge in [0.2, 0.25) is 11.8 Å². The van der Waals surface area contributed by atoms with E-state index in [2.05, 4.69) is 15.5 Å². The lowest BCUT2D eigenvalue weighted by Crippen LogP contribution is -2.16. The molecule has 5 nitrogen and oxygen atoms in total. The first-order valence-corrected chi connectivity index (χ1v) is 5.30. The second-order valence-corrected chi connectivity index (χ2v) is 4.19. The number of ether oxygens (including phenoxy) is 1. The fourth-order valence-electron chi connectivity index (χ4n) is 1.69. The summed E-state index contributed by atoms with van der Waals surface area (Å²) < 4.78 is 10.8. The highest BCUT2D eigenvalue weighted by atomic mass is 16.5. The van der Waals surface area contributed by atoms with Crippen LogP contribution in [0.3, 0.4) is 0 Å². The van der Waals surface area contributed by atoms with Crippen LogP contribution in [-0.2, 0) is 4.74 Å². The quantitative estimate of drug-likeness (QED) is 0.815. The maximum Gasteiger partial charge on any atom is 0.233 e. The molecule has 1 aromatic rings. The molecular weight excluding hydrogens is 194 g/mol. The molecule has 5 heteroatoms. The lowest BCUT2D eigenvalue weighted by atomic mass is 10.2. The van der Waals surface area contributed by atoms with Gasteiger partial charge >= 0.3 is 0 Å². The van der Waals surface area contributed by atoms with Gasteiger partial charge in [-0.1, -0.05) is 13.8 Å². The van der Waals surface area contributed by atoms with Gasteiger partial charge in [-0.25, -0.2) is 0 Å². The maximum absolute atomic E-state index is 5.58. The maximum atomic E-state index is 5.58. The molecule has 0 amide bonds. The highest BCUT2D eigenvalue weighted by Gasteiger charge is 2.29. The average molecular weight is 211 g/mol. The van der Waals surface area contributed by atoms with Crippen molar-refractivity contribution < 1.29 is 9.15 Å². The molecule has 1 aliphatic heterocycles. The van der Waals surface area contributed by atoms with Crippen molar-refractivity contribution >= 4 is 0 Å². The van der Waals surface area contributed by atoms with E-state index in [1.54, 1.807) is 7.11 Å². The van der Waals surface area contributed by atoms with Crippen molar-refractivity contribution in [2.24, 2.45) is 0 Å². The van der Waals surface area contributed by atoms with Crippen LogP contribution in [-0.4, -0.2) is 30.0 Å². The Hall–Kier alpha value is -0.940. The molecule has 0 spiro atoms. The van der Waals surface area contributed by atoms with Gasteiger partial charge in [0.05, 0.1) is 12.1 Å². The molecule has 1 N–H and O–H groups in total. The summed E-state index contributed by atoms with van der Waals surface area (Å²) in [4.78, 5) is 0. The predicted molar refractivity (Wildman–Crippen MR) is 54.5 cm³/mol. The Morgan fingerprint density at radius 2 is 2.27 bits per heavy atom. The molecule has 0 bridgehead atoms. The molecule has 15 heavy (non-hydrogen) atoms. The van der Waals surface area contributed by atoms with Gasteiger partial charge in [0.25, 0.3) is 0 Å². The van der Waals surface area contributed by atoms with E-state index in [1.165, 1.54) is 0 Å². The number of rotatable bonds is 3. The van der Waals surface area contributed by atoms with Crippen molar-refractivity contribution in [3.8, 4) is 0 Å². The second kappa shape index (κ2) is 4.28. The zero-order chi connectivity index (χ0) is 10.8. The minimum absolute atomic E-state index is 0.148. The van der Waals surface area contributed by atoms with E-state index in [0.29, 0.717) is 11.8 Å². The van der Waals surface area contributed by atoms with Gasteiger partial charge in [0.1, 0.15) is 0 Å². The summed E-state index contributed by atoms with van der Waals surface area (Å²) in [5.74, 6) is 1.66. The summed E-state index contributed by atoms with van der Waals surface area (Å²) in [5.41, 5.74) is 0. The van der Waals surface area contributed by atoms with Crippen molar-refractivity contribution in [1.82, 2.24) is 15.5 Å². The lowest BCUT2D eigenvalue weighted by Gasteiger charge is -2.04. The van der Waals surface area contributed by atoms with E-state index < -0.39 is 0 Å². The molecule has 0 aromatic carbocycles. The fraction of sp³-hybridized carbons (Fsp3) is 0.800. The molecular formula is C10H17N3O2. The Labute approximate surface area is 89.2 Å². The molecule has 1 aliphatic rings. The van der Waals surface area contributed by atoms with Crippen LogP contribution in [0.2, 0.25) is 0 Å². The van der Waals surface area contributed by atoms with Crippen LogP contribution in [0.4, 0.5) is 0 Å². The van der Waals surface area contributed by atoms with Crippen molar-refractivity contribution in [2.75, 3.05) is 13.7 Å². The van der Waals surface area contributed by atoms with Crippen LogP contribution in [0, 0.1) is 0 Å². The Bertz CT molecular complexity index is 324. The molecule has 0 unspecified atom stereocenters. The molecule has 2 heterocycles. The van der Waals surface area contributed by atoms with Gasteiger partial charge in [-0.15, -0.1) is 10.2 Å². The van der Waals surface area contributed by atoms with E-state index >= 15 is 0 Å². The first-order chi connectivity index (χ1) is 7.20. The minimum Gasteiger partial charge on any atom is -0.423 e. The number of aromatic nitrogens is 2. The van der Waals surface area contributed by atoms with Gasteiger partial charge in [-0.3, -0.25) is 0 Å². The van der Waals surface area contributed by atoms with E-state index in [4.69, 9.17) is 9.15 Å². The van der Waals surface area contributed by atoms with Crippen LogP contribution < -0.4 is 5.32 Å². The highest BCUT2D eigenvalue weighted by Crippen LogP contribution is 2.25. The fourth-order valence-corrected chi connectivity index (χ4v) is 1.69. The van der Waals surface area contributed by atoms with E-state index in [1.807, 2.05) is 13.8 Å². The molecule has 0 radical (unpaired) electrons. The lowest BCUT2D eigenvalue weighted by molar-refractivity contribution is 0.116. The van der Waals surface area contributed by atoms with E-state index in [9.17, 15) is 0 Å². The number of nitrogens with one attached hydrogen (secondary N) is 1. The summed E-state index contributed by atoms with van der Waals surface area (Å²) in [6.45, 7) is 4.93. The monoisotopic (exact) mass is 211 g/mol. The topological polar surface area (TPSA) is 60.2 Å². The zero-order valence-electron chi connectivity index (χ0n) is 9.36. The van der Waals surface area contributed by atoms with Gasteiger partial charge in [-0.05, 0) is 6.42 Å². The van der Waals surface area contributed by atoms with Gasteiger partial charge in [0, 0.05) is 19.6 Å². The van der Waals surface area contributed by atoms with Gasteiger partial charge in [0.15, 0.2) is 0 Å². The highest BCUT2D eigenvalue weighted by molar-refractivity contribution is 4.97. The van der Waals surface area contributed by atoms with Crippen molar-refractivity contribution in [3.05, 3.63) is 11.8 Å². The third kappa shape index (κ3) is 2.18. The standard InChI is InChI=1S/C10H17N3O2/c1-6(2)9-12-13-10(15-9)8-4-7(14-3)5-11-8/h6-8,11H,4-5H2,1-3H3/t7-,8-/m1/s1. The van der Waals surface area contributed by atoms with Crippen LogP contribution >= 0.6 is 0 Å². The Morgan fingerprint density at radius 1 is 1.47 bits per heavy atom. The molecule has 2 atom stereocenters. The first-order valence-electron chi connectivity index (χ1n) is 5.30. The molecule has 0 saturated carbocycles. The molecule has 2 rings (SSSR count). The Balaban J connectivity index is 2.04. The molecule has 1 fully saturated rings.